The summed E-state index contributed by atoms with van der Waals surface area (Å²) in [4.78, 5) is 30.8. The van der Waals surface area contributed by atoms with Gasteiger partial charge < -0.3 is 4.74 Å². The monoisotopic (exact) mass is 561 g/mol. The largest absolute Gasteiger partial charge is 0.573 e. The van der Waals surface area contributed by atoms with Crippen molar-refractivity contribution in [2.24, 2.45) is 20.0 Å². The molecule has 0 radical (unpaired) electrons. The Labute approximate surface area is 234 Å². The smallest absolute Gasteiger partial charge is 0.406 e. The zero-order chi connectivity index (χ0) is 29.4. The number of fused-ring (bicyclic) bond motifs is 2. The normalized spacial score (nSPS) is 15.5. The van der Waals surface area contributed by atoms with Crippen LogP contribution in [0, 0.1) is 29.6 Å². The predicted molar refractivity (Wildman–Crippen MR) is 139 cm³/mol. The van der Waals surface area contributed by atoms with Crippen molar-refractivity contribution in [1.82, 2.24) is 15.0 Å². The van der Waals surface area contributed by atoms with Gasteiger partial charge in [0, 0.05) is 11.6 Å². The highest BCUT2D eigenvalue weighted by molar-refractivity contribution is 5.80. The Morgan fingerprint density at radius 3 is 1.81 bits per heavy atom. The third-order valence-corrected chi connectivity index (χ3v) is 6.00. The number of alkyl halides is 3. The minimum absolute atomic E-state index is 0.0514. The maximum absolute atomic E-state index is 12.7. The molecule has 2 aliphatic rings. The van der Waals surface area contributed by atoms with Crippen molar-refractivity contribution in [3.63, 3.8) is 0 Å². The second-order valence-electron chi connectivity index (χ2n) is 8.93. The van der Waals surface area contributed by atoms with Crippen molar-refractivity contribution in [2.45, 2.75) is 13.3 Å². The molecule has 13 heteroatoms. The van der Waals surface area contributed by atoms with Crippen LogP contribution in [0.2, 0.25) is 0 Å². The highest BCUT2D eigenvalue weighted by atomic mass is 19.4. The molecule has 0 N–H and O–H groups in total. The van der Waals surface area contributed by atoms with Crippen molar-refractivity contribution in [1.29, 1.82) is 10.5 Å². The summed E-state index contributed by atoms with van der Waals surface area (Å²) < 4.78 is 42.1. The number of rotatable bonds is 4. The highest BCUT2D eigenvalue weighted by Crippen LogP contribution is 2.26. The van der Waals surface area contributed by atoms with Crippen molar-refractivity contribution in [3.05, 3.63) is 117 Å². The van der Waals surface area contributed by atoms with E-state index in [9.17, 15) is 23.7 Å². The molecule has 6 rings (SSSR count). The first-order valence-electron chi connectivity index (χ1n) is 12.2. The van der Waals surface area contributed by atoms with Gasteiger partial charge in [-0.25, -0.2) is 34.9 Å². The number of nitrogens with zero attached hydrogens (tertiary/aromatic N) is 9. The number of aryl methyl sites for hydroxylation is 1. The molecular formula is C29H14F3N9O. The Hall–Kier alpha value is -6.08. The first-order valence-corrected chi connectivity index (χ1v) is 12.2. The average molecular weight is 561 g/mol. The molecule has 0 saturated carbocycles. The van der Waals surface area contributed by atoms with Crippen molar-refractivity contribution in [3.8, 4) is 29.3 Å². The molecule has 4 aromatic rings. The zero-order valence-electron chi connectivity index (χ0n) is 21.4. The molecule has 0 aliphatic carbocycles. The van der Waals surface area contributed by atoms with Gasteiger partial charge in [0.05, 0.1) is 21.4 Å². The molecule has 0 unspecified atom stereocenters. The molecule has 42 heavy (non-hydrogen) atoms. The Morgan fingerprint density at radius 1 is 0.690 bits per heavy atom. The van der Waals surface area contributed by atoms with E-state index in [1.807, 2.05) is 25.1 Å². The third kappa shape index (κ3) is 5.10. The van der Waals surface area contributed by atoms with E-state index in [0.29, 0.717) is 16.3 Å². The van der Waals surface area contributed by atoms with Gasteiger partial charge in [0.15, 0.2) is 29.1 Å². The molecule has 202 valence electrons. The Morgan fingerprint density at radius 2 is 1.24 bits per heavy atom. The summed E-state index contributed by atoms with van der Waals surface area (Å²) in [6.07, 6.45) is -4.89. The van der Waals surface area contributed by atoms with E-state index < -0.39 is 12.1 Å². The van der Waals surface area contributed by atoms with Gasteiger partial charge >= 0.3 is 6.36 Å². The van der Waals surface area contributed by atoms with Crippen LogP contribution in [0.4, 0.5) is 13.2 Å². The van der Waals surface area contributed by atoms with Crippen molar-refractivity contribution in [2.75, 3.05) is 0 Å². The topological polar surface area (TPSA) is 145 Å². The Kier molecular flexibility index (Phi) is 6.32. The molecule has 0 saturated heterocycles. The van der Waals surface area contributed by atoms with E-state index in [-0.39, 0.29) is 51.0 Å². The fraction of sp³-hybridized carbons (Fsp3) is 0.0690. The molecule has 3 heterocycles. The lowest BCUT2D eigenvalue weighted by Gasteiger charge is -2.07. The van der Waals surface area contributed by atoms with E-state index in [1.165, 1.54) is 6.07 Å². The Bertz CT molecular complexity index is 2190. The fourth-order valence-corrected chi connectivity index (χ4v) is 4.15. The summed E-state index contributed by atoms with van der Waals surface area (Å²) in [7, 11) is 0. The molecule has 0 spiro atoms. The second-order valence-corrected chi connectivity index (χ2v) is 8.93. The number of hydrogen-bond acceptors (Lipinski definition) is 10. The van der Waals surface area contributed by atoms with Gasteiger partial charge in [-0.05, 0) is 36.8 Å². The fourth-order valence-electron chi connectivity index (χ4n) is 4.15. The standard InChI is InChI=1S/C29H14F3N9O/c1-15-7-9-20-22(11-15)37-25(35-20)18(13-33)27-39-24(16-5-3-2-4-6-16)40-28(41-27)19(14-34)26-36-21-10-8-17(12-23(21)38-26)42-29(30,31)32/h2-12H,1H3/b25-18-,26-19-. The van der Waals surface area contributed by atoms with Gasteiger partial charge in [-0.2, -0.15) is 10.5 Å². The average Bonchev–Trinajstić information content (AvgIpc) is 3.57. The molecule has 10 nitrogen and oxygen atoms in total. The number of nitriles is 2. The SMILES string of the molecule is Cc1ccc2c(c1)=N/C(=C(/C#N)c1nc(/C(C#N)=C3/N=c4ccc(OC(F)(F)F)cc4=N3)nc(-c3ccccc3)n1)N=2. The van der Waals surface area contributed by atoms with E-state index in [1.54, 1.807) is 36.4 Å². The summed E-state index contributed by atoms with van der Waals surface area (Å²) in [5, 5.41) is 21.7. The minimum atomic E-state index is -4.89. The van der Waals surface area contributed by atoms with Gasteiger partial charge in [0.1, 0.15) is 29.0 Å². The van der Waals surface area contributed by atoms with E-state index in [4.69, 9.17) is 0 Å². The highest BCUT2D eigenvalue weighted by Gasteiger charge is 2.31. The molecule has 3 aromatic carbocycles. The van der Waals surface area contributed by atoms with Gasteiger partial charge in [-0.15, -0.1) is 13.2 Å². The summed E-state index contributed by atoms with van der Waals surface area (Å²) >= 11 is 0. The number of halogens is 3. The summed E-state index contributed by atoms with van der Waals surface area (Å²) in [5.74, 6) is -0.599. The zero-order valence-corrected chi connectivity index (χ0v) is 21.4. The third-order valence-electron chi connectivity index (χ3n) is 6.00. The van der Waals surface area contributed by atoms with Crippen LogP contribution in [0.1, 0.15) is 17.2 Å². The number of aromatic nitrogens is 3. The minimum Gasteiger partial charge on any atom is -0.406 e. The molecule has 2 aliphatic heterocycles. The Balaban J connectivity index is 1.54. The lowest BCUT2D eigenvalue weighted by atomic mass is 10.2. The van der Waals surface area contributed by atoms with Crippen LogP contribution in [0.5, 0.6) is 5.75 Å². The summed E-state index contributed by atoms with van der Waals surface area (Å²) in [5.41, 5.74) is 1.30. The maximum atomic E-state index is 12.7. The van der Waals surface area contributed by atoms with Crippen LogP contribution in [0.25, 0.3) is 22.5 Å². The second kappa shape index (κ2) is 10.1. The summed E-state index contributed by atoms with van der Waals surface area (Å²) in [6.45, 7) is 1.91. The number of hydrogen-bond donors (Lipinski definition) is 0. The summed E-state index contributed by atoms with van der Waals surface area (Å²) in [6, 6.07) is 21.8. The van der Waals surface area contributed by atoms with Crippen LogP contribution < -0.4 is 26.2 Å². The number of benzene rings is 3. The van der Waals surface area contributed by atoms with Crippen LogP contribution in [0.15, 0.2) is 98.3 Å². The van der Waals surface area contributed by atoms with Crippen LogP contribution >= 0.6 is 0 Å². The van der Waals surface area contributed by atoms with Gasteiger partial charge in [-0.1, -0.05) is 36.4 Å². The van der Waals surface area contributed by atoms with Crippen LogP contribution in [-0.2, 0) is 0 Å². The maximum Gasteiger partial charge on any atom is 0.573 e. The van der Waals surface area contributed by atoms with Crippen LogP contribution in [0.3, 0.4) is 0 Å². The van der Waals surface area contributed by atoms with Gasteiger partial charge in [0.25, 0.3) is 0 Å². The first kappa shape index (κ1) is 26.2. The van der Waals surface area contributed by atoms with Crippen molar-refractivity contribution >= 4 is 11.1 Å². The number of allylic oxidation sites excluding steroid dienone is 2. The first-order chi connectivity index (χ1) is 20.2. The molecule has 0 atom stereocenters. The molecular weight excluding hydrogens is 547 g/mol. The van der Waals surface area contributed by atoms with Gasteiger partial charge in [0.2, 0.25) is 0 Å². The molecule has 0 fully saturated rings. The molecule has 1 aromatic heterocycles. The molecule has 0 bridgehead atoms. The van der Waals surface area contributed by atoms with E-state index in [0.717, 1.165) is 17.7 Å². The molecule has 0 amide bonds. The van der Waals surface area contributed by atoms with E-state index >= 15 is 0 Å². The van der Waals surface area contributed by atoms with Crippen molar-refractivity contribution < 1.29 is 17.9 Å². The lowest BCUT2D eigenvalue weighted by molar-refractivity contribution is -0.274. The quantitative estimate of drug-likeness (QED) is 0.350. The predicted octanol–water partition coefficient (Wildman–Crippen LogP) is 3.04. The lowest BCUT2D eigenvalue weighted by Crippen LogP contribution is -2.23. The van der Waals surface area contributed by atoms with Crippen LogP contribution in [-0.4, -0.2) is 21.3 Å². The van der Waals surface area contributed by atoms with Gasteiger partial charge in [-0.3, -0.25) is 0 Å². The number of ether oxygens (including phenoxy) is 1. The van der Waals surface area contributed by atoms with E-state index in [2.05, 4.69) is 45.7 Å².